The van der Waals surface area contributed by atoms with Gasteiger partial charge in [0.1, 0.15) is 5.75 Å². The van der Waals surface area contributed by atoms with Crippen LogP contribution in [0.15, 0.2) is 41.3 Å². The van der Waals surface area contributed by atoms with Crippen molar-refractivity contribution >= 4 is 34.0 Å². The molecule has 0 aliphatic rings. The fraction of sp³-hybridized carbons (Fsp3) is 0.294. The lowest BCUT2D eigenvalue weighted by Gasteiger charge is -2.07. The van der Waals surface area contributed by atoms with Gasteiger partial charge in [0.05, 0.1) is 12.4 Å². The predicted octanol–water partition coefficient (Wildman–Crippen LogP) is 2.70. The number of nitrogens with one attached hydrogen (secondary N) is 2. The number of benzene rings is 1. The molecule has 2 aromatic rings. The zero-order valence-corrected chi connectivity index (χ0v) is 15.3. The van der Waals surface area contributed by atoms with E-state index in [9.17, 15) is 13.8 Å². The highest BCUT2D eigenvalue weighted by Gasteiger charge is 2.11. The van der Waals surface area contributed by atoms with Crippen LogP contribution in [0.5, 0.6) is 5.75 Å². The van der Waals surface area contributed by atoms with E-state index in [1.54, 1.807) is 24.3 Å². The van der Waals surface area contributed by atoms with Crippen molar-refractivity contribution in [3.8, 4) is 5.75 Å². The van der Waals surface area contributed by atoms with Crippen molar-refractivity contribution in [2.45, 2.75) is 19.1 Å². The van der Waals surface area contributed by atoms with E-state index in [0.29, 0.717) is 23.0 Å². The number of pyridine rings is 1. The Balaban J connectivity index is 1.89. The topological polar surface area (TPSA) is 88.3 Å². The number of carbonyl (C=O) groups excluding carboxylic acids is 1. The van der Waals surface area contributed by atoms with Crippen molar-refractivity contribution in [3.05, 3.63) is 57.5 Å². The Morgan fingerprint density at radius 1 is 1.32 bits per heavy atom. The number of aromatic nitrogens is 1. The molecule has 1 unspecified atom stereocenters. The van der Waals surface area contributed by atoms with Crippen LogP contribution in [-0.2, 0) is 21.3 Å². The van der Waals surface area contributed by atoms with E-state index in [1.165, 1.54) is 12.3 Å². The van der Waals surface area contributed by atoms with E-state index < -0.39 is 10.8 Å². The van der Waals surface area contributed by atoms with Gasteiger partial charge < -0.3 is 15.0 Å². The van der Waals surface area contributed by atoms with Crippen LogP contribution >= 0.6 is 11.6 Å². The molecule has 0 saturated carbocycles. The number of halogens is 1. The first-order valence-corrected chi connectivity index (χ1v) is 9.59. The quantitative estimate of drug-likeness (QED) is 0.734. The van der Waals surface area contributed by atoms with Gasteiger partial charge in [-0.15, -0.1) is 0 Å². The van der Waals surface area contributed by atoms with Gasteiger partial charge in [0.2, 0.25) is 11.3 Å². The van der Waals surface area contributed by atoms with Gasteiger partial charge in [-0.25, -0.2) is 0 Å². The van der Waals surface area contributed by atoms with Gasteiger partial charge in [0.25, 0.3) is 0 Å². The number of hydrogen-bond donors (Lipinski definition) is 2. The average Bonchev–Trinajstić information content (AvgIpc) is 2.56. The van der Waals surface area contributed by atoms with Gasteiger partial charge in [-0.2, -0.15) is 0 Å². The second-order valence-corrected chi connectivity index (χ2v) is 7.21. The van der Waals surface area contributed by atoms with Crippen LogP contribution in [0.25, 0.3) is 0 Å². The minimum Gasteiger partial charge on any atom is -0.488 e. The third kappa shape index (κ3) is 6.36. The molecule has 0 spiro atoms. The van der Waals surface area contributed by atoms with Crippen LogP contribution in [0.3, 0.4) is 0 Å². The molecular weight excluding hydrogens is 364 g/mol. The third-order valence-electron chi connectivity index (χ3n) is 3.14. The molecule has 0 saturated heterocycles. The summed E-state index contributed by atoms with van der Waals surface area (Å²) < 4.78 is 17.4. The number of H-pyrrole nitrogens is 1. The largest absolute Gasteiger partial charge is 0.488 e. The van der Waals surface area contributed by atoms with Gasteiger partial charge in [-0.1, -0.05) is 18.5 Å². The predicted molar refractivity (Wildman–Crippen MR) is 99.6 cm³/mol. The molecule has 6 nitrogen and oxygen atoms in total. The van der Waals surface area contributed by atoms with E-state index in [-0.39, 0.29) is 28.6 Å². The highest BCUT2D eigenvalue weighted by atomic mass is 35.5. The molecule has 134 valence electrons. The first-order chi connectivity index (χ1) is 12.0. The van der Waals surface area contributed by atoms with Crippen LogP contribution in [0.1, 0.15) is 19.0 Å². The molecular formula is C17H19ClN2O4S. The molecule has 8 heteroatoms. The summed E-state index contributed by atoms with van der Waals surface area (Å²) in [6.45, 7) is 2.40. The van der Waals surface area contributed by atoms with Crippen molar-refractivity contribution in [3.63, 3.8) is 0 Å². The molecule has 1 atom stereocenters. The summed E-state index contributed by atoms with van der Waals surface area (Å²) in [5.41, 5.74) is 0.800. The van der Waals surface area contributed by atoms with Crippen molar-refractivity contribution < 1.29 is 13.7 Å². The Labute approximate surface area is 153 Å². The molecule has 1 aromatic heterocycles. The Hall–Kier alpha value is -2.12. The van der Waals surface area contributed by atoms with Gasteiger partial charge in [0, 0.05) is 39.5 Å². The Morgan fingerprint density at radius 3 is 2.68 bits per heavy atom. The summed E-state index contributed by atoms with van der Waals surface area (Å²) in [5.74, 6) is -0.224. The summed E-state index contributed by atoms with van der Waals surface area (Å²) >= 11 is 5.78. The second-order valence-electron chi connectivity index (χ2n) is 5.32. The van der Waals surface area contributed by atoms with Gasteiger partial charge in [0.15, 0.2) is 5.75 Å². The van der Waals surface area contributed by atoms with Crippen LogP contribution in [0.2, 0.25) is 5.02 Å². The zero-order valence-electron chi connectivity index (χ0n) is 13.7. The van der Waals surface area contributed by atoms with E-state index in [4.69, 9.17) is 16.3 Å². The van der Waals surface area contributed by atoms with E-state index >= 15 is 0 Å². The van der Waals surface area contributed by atoms with Crippen molar-refractivity contribution in [1.29, 1.82) is 0 Å². The highest BCUT2D eigenvalue weighted by molar-refractivity contribution is 7.84. The summed E-state index contributed by atoms with van der Waals surface area (Å²) in [5, 5.41) is 3.21. The average molecular weight is 383 g/mol. The number of ether oxygens (including phenoxy) is 1. The molecule has 0 aliphatic heterocycles. The number of rotatable bonds is 8. The number of hydrogen-bond acceptors (Lipinski definition) is 4. The smallest absolute Gasteiger partial charge is 0.237 e. The van der Waals surface area contributed by atoms with Gasteiger partial charge in [-0.05, 0) is 30.7 Å². The lowest BCUT2D eigenvalue weighted by Crippen LogP contribution is -2.20. The number of anilines is 1. The number of amides is 1. The third-order valence-corrected chi connectivity index (χ3v) is 4.60. The maximum atomic E-state index is 12.1. The van der Waals surface area contributed by atoms with Gasteiger partial charge in [-0.3, -0.25) is 13.8 Å². The summed E-state index contributed by atoms with van der Waals surface area (Å²) in [7, 11) is -1.45. The van der Waals surface area contributed by atoms with Crippen LogP contribution in [0, 0.1) is 0 Å². The normalized spacial score (nSPS) is 11.8. The first-order valence-electron chi connectivity index (χ1n) is 7.72. The lowest BCUT2D eigenvalue weighted by molar-refractivity contribution is -0.113. The monoisotopic (exact) mass is 382 g/mol. The van der Waals surface area contributed by atoms with Crippen molar-refractivity contribution in [2.75, 3.05) is 17.7 Å². The molecule has 0 aliphatic carbocycles. The van der Waals surface area contributed by atoms with Crippen LogP contribution in [0.4, 0.5) is 5.69 Å². The fourth-order valence-corrected chi connectivity index (χ4v) is 3.12. The Kier molecular flexibility index (Phi) is 7.21. The standard InChI is InChI=1S/C17H19ClN2O4S/c1-2-7-24-16-9-19-14(8-15(16)21)10-25(23)11-17(22)20-13-5-3-12(18)4-6-13/h3-6,8-9H,2,7,10-11H2,1H3,(H,19,21)(H,20,22). The molecule has 0 fully saturated rings. The Morgan fingerprint density at radius 2 is 2.04 bits per heavy atom. The maximum Gasteiger partial charge on any atom is 0.237 e. The minimum absolute atomic E-state index is 0.0807. The molecule has 2 N–H and O–H groups in total. The van der Waals surface area contributed by atoms with Gasteiger partial charge >= 0.3 is 0 Å². The van der Waals surface area contributed by atoms with E-state index in [0.717, 1.165) is 6.42 Å². The lowest BCUT2D eigenvalue weighted by atomic mass is 10.3. The molecule has 1 heterocycles. The second kappa shape index (κ2) is 9.39. The molecule has 0 radical (unpaired) electrons. The zero-order chi connectivity index (χ0) is 18.2. The molecule has 1 amide bonds. The molecule has 2 rings (SSSR count). The minimum atomic E-state index is -1.45. The van der Waals surface area contributed by atoms with E-state index in [2.05, 4.69) is 10.3 Å². The number of aromatic amines is 1. The fourth-order valence-electron chi connectivity index (χ4n) is 2.01. The summed E-state index contributed by atoms with van der Waals surface area (Å²) in [6, 6.07) is 7.98. The van der Waals surface area contributed by atoms with E-state index in [1.807, 2.05) is 6.92 Å². The first kappa shape index (κ1) is 19.2. The molecule has 25 heavy (non-hydrogen) atoms. The molecule has 0 bridgehead atoms. The van der Waals surface area contributed by atoms with Crippen LogP contribution < -0.4 is 15.5 Å². The number of carbonyl (C=O) groups is 1. The molecule has 1 aromatic carbocycles. The van der Waals surface area contributed by atoms with Crippen LogP contribution in [-0.4, -0.2) is 27.5 Å². The highest BCUT2D eigenvalue weighted by Crippen LogP contribution is 2.13. The SMILES string of the molecule is CCCOc1c[nH]c(CS(=O)CC(=O)Nc2ccc(Cl)cc2)cc1=O. The summed E-state index contributed by atoms with van der Waals surface area (Å²) in [4.78, 5) is 26.7. The maximum absolute atomic E-state index is 12.1. The Bertz CT molecular complexity index is 805. The van der Waals surface area contributed by atoms with Crippen molar-refractivity contribution in [2.24, 2.45) is 0 Å². The van der Waals surface area contributed by atoms with Crippen molar-refractivity contribution in [1.82, 2.24) is 4.98 Å². The summed E-state index contributed by atoms with van der Waals surface area (Å²) in [6.07, 6.45) is 2.26.